The van der Waals surface area contributed by atoms with E-state index in [0.29, 0.717) is 11.6 Å². The number of hydrogen-bond acceptors (Lipinski definition) is 5. The van der Waals surface area contributed by atoms with E-state index in [4.69, 9.17) is 23.2 Å². The zero-order valence-corrected chi connectivity index (χ0v) is 18.1. The molecule has 1 aliphatic rings. The van der Waals surface area contributed by atoms with Gasteiger partial charge in [-0.25, -0.2) is 23.1 Å². The molecule has 3 heterocycles. The van der Waals surface area contributed by atoms with E-state index in [1.165, 1.54) is 21.8 Å². The lowest BCUT2D eigenvalue weighted by atomic mass is 9.96. The molecule has 2 aromatic heterocycles. The van der Waals surface area contributed by atoms with Gasteiger partial charge in [-0.3, -0.25) is 0 Å². The Kier molecular flexibility index (Phi) is 5.09. The number of fused-ring (bicyclic) bond motifs is 1. The summed E-state index contributed by atoms with van der Waals surface area (Å²) in [6.07, 6.45) is -0.263. The van der Waals surface area contributed by atoms with Crippen molar-refractivity contribution >= 4 is 40.2 Å². The summed E-state index contributed by atoms with van der Waals surface area (Å²) in [4.78, 5) is 11.7. The van der Waals surface area contributed by atoms with Gasteiger partial charge in [0.05, 0.1) is 23.1 Å². The molecule has 11 heteroatoms. The number of aromatic nitrogens is 5. The van der Waals surface area contributed by atoms with Crippen LogP contribution in [0.25, 0.3) is 11.2 Å². The number of benzene rings is 1. The number of alkyl halides is 2. The van der Waals surface area contributed by atoms with Gasteiger partial charge in [0.25, 0.3) is 5.92 Å². The van der Waals surface area contributed by atoms with E-state index in [1.807, 2.05) is 20.8 Å². The number of rotatable bonds is 3. The molecule has 0 spiro atoms. The first-order valence-electron chi connectivity index (χ1n) is 9.33. The Labute approximate surface area is 181 Å². The van der Waals surface area contributed by atoms with Crippen molar-refractivity contribution in [3.05, 3.63) is 39.4 Å². The Bertz CT molecular complexity index is 1130. The lowest BCUT2D eigenvalue weighted by Crippen LogP contribution is -2.27. The molecule has 0 N–H and O–H groups in total. The molecule has 0 radical (unpaired) electrons. The van der Waals surface area contributed by atoms with Gasteiger partial charge in [-0.15, -0.1) is 10.2 Å². The maximum absolute atomic E-state index is 14.3. The van der Waals surface area contributed by atoms with Gasteiger partial charge >= 0.3 is 0 Å². The largest absolute Gasteiger partial charge is 0.348 e. The highest BCUT2D eigenvalue weighted by molar-refractivity contribution is 6.42. The molecule has 160 valence electrons. The quantitative estimate of drug-likeness (QED) is 0.524. The Balaban J connectivity index is 1.82. The SMILES string of the molecule is CC(C)(C)c1nc(N2CCC(F)(F)C2)c2nn(Cc3c(F)ccc(Cl)c3Cl)nc2n1. The Morgan fingerprint density at radius 2 is 1.87 bits per heavy atom. The van der Waals surface area contributed by atoms with E-state index in [-0.39, 0.29) is 46.3 Å². The van der Waals surface area contributed by atoms with E-state index in [0.717, 1.165) is 0 Å². The van der Waals surface area contributed by atoms with Crippen LogP contribution in [0.1, 0.15) is 38.6 Å². The molecule has 0 atom stereocenters. The molecular weight excluding hydrogens is 440 g/mol. The fourth-order valence-electron chi connectivity index (χ4n) is 3.24. The molecule has 6 nitrogen and oxygen atoms in total. The average molecular weight is 459 g/mol. The summed E-state index contributed by atoms with van der Waals surface area (Å²) < 4.78 is 41.9. The monoisotopic (exact) mass is 458 g/mol. The van der Waals surface area contributed by atoms with Crippen molar-refractivity contribution in [1.29, 1.82) is 0 Å². The molecule has 0 aliphatic carbocycles. The first kappa shape index (κ1) is 21.1. The minimum absolute atomic E-state index is 0.0684. The summed E-state index contributed by atoms with van der Waals surface area (Å²) in [5.74, 6) is -2.59. The second-order valence-electron chi connectivity index (χ2n) is 8.37. The molecular formula is C19H19Cl2F3N6. The van der Waals surface area contributed by atoms with Gasteiger partial charge in [0, 0.05) is 23.9 Å². The van der Waals surface area contributed by atoms with Crippen molar-refractivity contribution in [2.45, 2.75) is 45.1 Å². The van der Waals surface area contributed by atoms with Gasteiger partial charge in [-0.2, -0.15) is 4.80 Å². The van der Waals surface area contributed by atoms with Gasteiger partial charge in [0.15, 0.2) is 11.3 Å². The Morgan fingerprint density at radius 1 is 1.13 bits per heavy atom. The summed E-state index contributed by atoms with van der Waals surface area (Å²) in [6.45, 7) is 5.35. The Morgan fingerprint density at radius 3 is 2.50 bits per heavy atom. The highest BCUT2D eigenvalue weighted by Gasteiger charge is 2.40. The topological polar surface area (TPSA) is 59.7 Å². The van der Waals surface area contributed by atoms with Crippen molar-refractivity contribution in [3.8, 4) is 0 Å². The summed E-state index contributed by atoms with van der Waals surface area (Å²) in [5.41, 5.74) is 0.220. The summed E-state index contributed by atoms with van der Waals surface area (Å²) in [7, 11) is 0. The number of anilines is 1. The van der Waals surface area contributed by atoms with E-state index in [2.05, 4.69) is 20.2 Å². The third kappa shape index (κ3) is 3.92. The van der Waals surface area contributed by atoms with Crippen molar-refractivity contribution < 1.29 is 13.2 Å². The van der Waals surface area contributed by atoms with E-state index in [1.54, 1.807) is 0 Å². The van der Waals surface area contributed by atoms with Crippen molar-refractivity contribution in [3.63, 3.8) is 0 Å². The van der Waals surface area contributed by atoms with Crippen LogP contribution in [0.2, 0.25) is 10.0 Å². The molecule has 0 amide bonds. The van der Waals surface area contributed by atoms with Crippen LogP contribution in [-0.4, -0.2) is 44.0 Å². The fraction of sp³-hybridized carbons (Fsp3) is 0.474. The molecule has 4 rings (SSSR count). The number of halogens is 5. The second-order valence-corrected chi connectivity index (χ2v) is 9.16. The zero-order valence-electron chi connectivity index (χ0n) is 16.6. The molecule has 0 unspecified atom stereocenters. The molecule has 3 aromatic rings. The van der Waals surface area contributed by atoms with Crippen molar-refractivity contribution in [2.24, 2.45) is 0 Å². The molecule has 1 fully saturated rings. The summed E-state index contributed by atoms with van der Waals surface area (Å²) >= 11 is 12.1. The minimum Gasteiger partial charge on any atom is -0.348 e. The highest BCUT2D eigenvalue weighted by atomic mass is 35.5. The van der Waals surface area contributed by atoms with Crippen LogP contribution >= 0.6 is 23.2 Å². The predicted molar refractivity (Wildman–Crippen MR) is 109 cm³/mol. The van der Waals surface area contributed by atoms with Crippen LogP contribution in [0, 0.1) is 5.82 Å². The van der Waals surface area contributed by atoms with E-state index < -0.39 is 23.7 Å². The summed E-state index contributed by atoms with van der Waals surface area (Å²) in [5, 5.41) is 8.97. The van der Waals surface area contributed by atoms with Crippen molar-refractivity contribution in [2.75, 3.05) is 18.0 Å². The van der Waals surface area contributed by atoms with Gasteiger partial charge in [-0.05, 0) is 12.1 Å². The van der Waals surface area contributed by atoms with Gasteiger partial charge in [0.1, 0.15) is 11.6 Å². The predicted octanol–water partition coefficient (Wildman–Crippen LogP) is 4.86. The normalized spacial score (nSPS) is 16.6. The molecule has 1 saturated heterocycles. The average Bonchev–Trinajstić information content (AvgIpc) is 3.22. The first-order chi connectivity index (χ1) is 13.9. The van der Waals surface area contributed by atoms with Crippen LogP contribution in [-0.2, 0) is 12.0 Å². The number of nitrogens with zero attached hydrogens (tertiary/aromatic N) is 6. The van der Waals surface area contributed by atoms with Crippen molar-refractivity contribution in [1.82, 2.24) is 25.0 Å². The van der Waals surface area contributed by atoms with Crippen LogP contribution in [0.4, 0.5) is 19.0 Å². The molecule has 0 saturated carbocycles. The van der Waals surface area contributed by atoms with Gasteiger partial charge in [-0.1, -0.05) is 44.0 Å². The van der Waals surface area contributed by atoms with Crippen LogP contribution in [0.5, 0.6) is 0 Å². The lowest BCUT2D eigenvalue weighted by molar-refractivity contribution is 0.0257. The summed E-state index contributed by atoms with van der Waals surface area (Å²) in [6, 6.07) is 2.57. The van der Waals surface area contributed by atoms with Crippen LogP contribution < -0.4 is 4.90 Å². The molecule has 1 aromatic carbocycles. The van der Waals surface area contributed by atoms with E-state index >= 15 is 0 Å². The standard InChI is InChI=1S/C19H19Cl2F3N6/c1-18(2,3)17-25-15-14(16(26-17)29-7-6-19(23,24)9-29)27-30(28-15)8-10-12(22)5-4-11(20)13(10)21/h4-5H,6-9H2,1-3H3. The molecule has 0 bridgehead atoms. The fourth-order valence-corrected chi connectivity index (χ4v) is 3.63. The zero-order chi connectivity index (χ0) is 21.8. The number of hydrogen-bond donors (Lipinski definition) is 0. The smallest absolute Gasteiger partial charge is 0.266 e. The Hall–Kier alpha value is -2.13. The highest BCUT2D eigenvalue weighted by Crippen LogP contribution is 2.34. The van der Waals surface area contributed by atoms with E-state index in [9.17, 15) is 13.2 Å². The van der Waals surface area contributed by atoms with Gasteiger partial charge < -0.3 is 4.90 Å². The van der Waals surface area contributed by atoms with Crippen LogP contribution in [0.3, 0.4) is 0 Å². The molecule has 1 aliphatic heterocycles. The maximum atomic E-state index is 14.3. The second kappa shape index (κ2) is 7.23. The van der Waals surface area contributed by atoms with Crippen LogP contribution in [0.15, 0.2) is 12.1 Å². The first-order valence-corrected chi connectivity index (χ1v) is 10.1. The molecule has 30 heavy (non-hydrogen) atoms. The third-order valence-electron chi connectivity index (χ3n) is 4.85. The van der Waals surface area contributed by atoms with Gasteiger partial charge in [0.2, 0.25) is 5.65 Å². The minimum atomic E-state index is -2.80. The maximum Gasteiger partial charge on any atom is 0.266 e. The lowest BCUT2D eigenvalue weighted by Gasteiger charge is -2.21. The third-order valence-corrected chi connectivity index (χ3v) is 5.69.